The van der Waals surface area contributed by atoms with E-state index in [-0.39, 0.29) is 11.5 Å². The summed E-state index contributed by atoms with van der Waals surface area (Å²) >= 11 is 0. The number of methoxy groups -OCH3 is 1. The number of aryl methyl sites for hydroxylation is 1. The third-order valence-electron chi connectivity index (χ3n) is 6.73. The van der Waals surface area contributed by atoms with Crippen LogP contribution in [0.4, 0.5) is 11.4 Å². The Bertz CT molecular complexity index is 1490. The lowest BCUT2D eigenvalue weighted by atomic mass is 10.1. The predicted octanol–water partition coefficient (Wildman–Crippen LogP) is 4.38. The van der Waals surface area contributed by atoms with Crippen molar-refractivity contribution >= 4 is 28.2 Å². The molecule has 37 heavy (non-hydrogen) atoms. The fourth-order valence-corrected chi connectivity index (χ4v) is 4.83. The average Bonchev–Trinajstić information content (AvgIpc) is 3.44. The van der Waals surface area contributed by atoms with Crippen molar-refractivity contribution in [3.05, 3.63) is 93.4 Å². The van der Waals surface area contributed by atoms with Crippen LogP contribution in [0.2, 0.25) is 0 Å². The number of rotatable bonds is 8. The Hall–Kier alpha value is -4.17. The first-order chi connectivity index (χ1) is 18.0. The standard InChI is InChI=1S/C29H31N5O3/c1-19-13-27(35)33-25-7-6-22(16-23(19)25)32-29(36)24-14-20(5-8-26(24)34-11-3-4-12-34)17-30-18-21-9-10-31-28(15-21)37-2/h5-10,13-16,30H,3-4,11-12,17-18H2,1-2H3,(H,32,36)(H,33,35). The number of nitrogens with one attached hydrogen (secondary N) is 3. The minimum Gasteiger partial charge on any atom is -0.481 e. The van der Waals surface area contributed by atoms with Crippen LogP contribution in [0.5, 0.6) is 5.88 Å². The number of carbonyl (C=O) groups is 1. The van der Waals surface area contributed by atoms with Gasteiger partial charge in [0, 0.05) is 66.8 Å². The van der Waals surface area contributed by atoms with E-state index in [1.54, 1.807) is 19.4 Å². The Morgan fingerprint density at radius 3 is 2.59 bits per heavy atom. The highest BCUT2D eigenvalue weighted by Crippen LogP contribution is 2.28. The van der Waals surface area contributed by atoms with Crippen LogP contribution in [-0.2, 0) is 13.1 Å². The molecular weight excluding hydrogens is 466 g/mol. The summed E-state index contributed by atoms with van der Waals surface area (Å²) in [7, 11) is 1.61. The molecule has 0 atom stereocenters. The molecule has 0 radical (unpaired) electrons. The van der Waals surface area contributed by atoms with E-state index in [1.807, 2.05) is 43.3 Å². The molecular formula is C29H31N5O3. The fourth-order valence-electron chi connectivity index (χ4n) is 4.83. The number of aromatic amines is 1. The molecule has 1 aliphatic heterocycles. The van der Waals surface area contributed by atoms with Crippen molar-refractivity contribution in [3.8, 4) is 5.88 Å². The zero-order valence-corrected chi connectivity index (χ0v) is 21.1. The van der Waals surface area contributed by atoms with Gasteiger partial charge in [-0.15, -0.1) is 0 Å². The molecule has 0 saturated carbocycles. The van der Waals surface area contributed by atoms with Gasteiger partial charge in [0.25, 0.3) is 5.91 Å². The Labute approximate surface area is 215 Å². The van der Waals surface area contributed by atoms with Crippen LogP contribution in [0, 0.1) is 6.92 Å². The Morgan fingerprint density at radius 1 is 1.03 bits per heavy atom. The lowest BCUT2D eigenvalue weighted by Crippen LogP contribution is -2.23. The van der Waals surface area contributed by atoms with Gasteiger partial charge in [0.1, 0.15) is 0 Å². The molecule has 0 bridgehead atoms. The minimum atomic E-state index is -0.149. The summed E-state index contributed by atoms with van der Waals surface area (Å²) in [5.41, 5.74) is 5.89. The highest BCUT2D eigenvalue weighted by Gasteiger charge is 2.20. The molecule has 2 aromatic heterocycles. The van der Waals surface area contributed by atoms with Crippen molar-refractivity contribution in [1.29, 1.82) is 0 Å². The smallest absolute Gasteiger partial charge is 0.257 e. The van der Waals surface area contributed by atoms with Gasteiger partial charge >= 0.3 is 0 Å². The summed E-state index contributed by atoms with van der Waals surface area (Å²) in [5.74, 6) is 0.438. The quantitative estimate of drug-likeness (QED) is 0.334. The molecule has 1 aliphatic rings. The molecule has 190 valence electrons. The number of ether oxygens (including phenoxy) is 1. The number of anilines is 2. The highest BCUT2D eigenvalue weighted by molar-refractivity contribution is 6.09. The lowest BCUT2D eigenvalue weighted by Gasteiger charge is -2.22. The van der Waals surface area contributed by atoms with Crippen LogP contribution in [0.15, 0.2) is 65.6 Å². The van der Waals surface area contributed by atoms with Crippen molar-refractivity contribution in [1.82, 2.24) is 15.3 Å². The first-order valence-corrected chi connectivity index (χ1v) is 12.5. The molecule has 0 aliphatic carbocycles. The molecule has 1 amide bonds. The fraction of sp³-hybridized carbons (Fsp3) is 0.276. The zero-order chi connectivity index (χ0) is 25.8. The van der Waals surface area contributed by atoms with Gasteiger partial charge < -0.3 is 25.3 Å². The largest absolute Gasteiger partial charge is 0.481 e. The van der Waals surface area contributed by atoms with E-state index in [9.17, 15) is 9.59 Å². The van der Waals surface area contributed by atoms with Crippen LogP contribution in [0.25, 0.3) is 10.9 Å². The topological polar surface area (TPSA) is 99.4 Å². The Balaban J connectivity index is 1.36. The summed E-state index contributed by atoms with van der Waals surface area (Å²) in [5, 5.41) is 7.43. The van der Waals surface area contributed by atoms with Crippen molar-refractivity contribution in [2.75, 3.05) is 30.4 Å². The summed E-state index contributed by atoms with van der Waals surface area (Å²) in [6.07, 6.45) is 3.99. The third kappa shape index (κ3) is 5.65. The molecule has 8 nitrogen and oxygen atoms in total. The Kier molecular flexibility index (Phi) is 7.18. The zero-order valence-electron chi connectivity index (χ0n) is 21.1. The molecule has 5 rings (SSSR count). The van der Waals surface area contributed by atoms with Gasteiger partial charge in [-0.25, -0.2) is 4.98 Å². The summed E-state index contributed by atoms with van der Waals surface area (Å²) in [6, 6.07) is 17.1. The Morgan fingerprint density at radius 2 is 1.81 bits per heavy atom. The van der Waals surface area contributed by atoms with Gasteiger partial charge in [-0.3, -0.25) is 9.59 Å². The number of hydrogen-bond acceptors (Lipinski definition) is 6. The van der Waals surface area contributed by atoms with Gasteiger partial charge in [0.15, 0.2) is 0 Å². The summed E-state index contributed by atoms with van der Waals surface area (Å²) in [6.45, 7) is 5.07. The predicted molar refractivity (Wildman–Crippen MR) is 146 cm³/mol. The van der Waals surface area contributed by atoms with Crippen LogP contribution in [-0.4, -0.2) is 36.1 Å². The van der Waals surface area contributed by atoms with E-state index < -0.39 is 0 Å². The number of nitrogens with zero attached hydrogens (tertiary/aromatic N) is 2. The van der Waals surface area contributed by atoms with Crippen molar-refractivity contribution in [2.24, 2.45) is 0 Å². The molecule has 4 aromatic rings. The molecule has 1 saturated heterocycles. The number of pyridine rings is 2. The number of H-pyrrole nitrogens is 1. The van der Waals surface area contributed by atoms with E-state index in [0.717, 1.165) is 59.2 Å². The molecule has 8 heteroatoms. The molecule has 3 N–H and O–H groups in total. The van der Waals surface area contributed by atoms with Gasteiger partial charge in [-0.05, 0) is 72.9 Å². The number of carbonyl (C=O) groups excluding carboxylic acids is 1. The molecule has 3 heterocycles. The molecule has 2 aromatic carbocycles. The minimum absolute atomic E-state index is 0.134. The second-order valence-corrected chi connectivity index (χ2v) is 9.39. The lowest BCUT2D eigenvalue weighted by molar-refractivity contribution is 0.102. The van der Waals surface area contributed by atoms with Gasteiger partial charge in [-0.1, -0.05) is 6.07 Å². The second kappa shape index (κ2) is 10.8. The summed E-state index contributed by atoms with van der Waals surface area (Å²) in [4.78, 5) is 34.6. The van der Waals surface area contributed by atoms with E-state index in [4.69, 9.17) is 4.74 Å². The van der Waals surface area contributed by atoms with E-state index in [0.29, 0.717) is 30.2 Å². The molecule has 0 spiro atoms. The first kappa shape index (κ1) is 24.5. The normalized spacial score (nSPS) is 13.2. The SMILES string of the molecule is COc1cc(CNCc2ccc(N3CCCC3)c(C(=O)Nc3ccc4[nH]c(=O)cc(C)c4c3)c2)ccn1. The maximum atomic E-state index is 13.5. The summed E-state index contributed by atoms with van der Waals surface area (Å²) < 4.78 is 5.20. The highest BCUT2D eigenvalue weighted by atomic mass is 16.5. The van der Waals surface area contributed by atoms with E-state index in [1.165, 1.54) is 0 Å². The van der Waals surface area contributed by atoms with Crippen LogP contribution in [0.3, 0.4) is 0 Å². The van der Waals surface area contributed by atoms with Gasteiger partial charge in [0.05, 0.1) is 12.7 Å². The third-order valence-corrected chi connectivity index (χ3v) is 6.73. The molecule has 1 fully saturated rings. The number of fused-ring (bicyclic) bond motifs is 1. The molecule has 0 unspecified atom stereocenters. The maximum absolute atomic E-state index is 13.5. The van der Waals surface area contributed by atoms with Crippen molar-refractivity contribution in [3.63, 3.8) is 0 Å². The van der Waals surface area contributed by atoms with Crippen LogP contribution < -0.4 is 25.8 Å². The number of benzene rings is 2. The second-order valence-electron chi connectivity index (χ2n) is 9.39. The number of aromatic nitrogens is 2. The van der Waals surface area contributed by atoms with Crippen molar-refractivity contribution in [2.45, 2.75) is 32.9 Å². The van der Waals surface area contributed by atoms with Gasteiger partial charge in [-0.2, -0.15) is 0 Å². The number of amides is 1. The maximum Gasteiger partial charge on any atom is 0.257 e. The monoisotopic (exact) mass is 497 g/mol. The van der Waals surface area contributed by atoms with E-state index >= 15 is 0 Å². The number of hydrogen-bond donors (Lipinski definition) is 3. The van der Waals surface area contributed by atoms with Crippen LogP contribution in [0.1, 0.15) is 39.9 Å². The van der Waals surface area contributed by atoms with Crippen LogP contribution >= 0.6 is 0 Å². The first-order valence-electron chi connectivity index (χ1n) is 12.5. The van der Waals surface area contributed by atoms with E-state index in [2.05, 4.69) is 37.6 Å². The van der Waals surface area contributed by atoms with Gasteiger partial charge in [0.2, 0.25) is 11.4 Å². The van der Waals surface area contributed by atoms with Crippen molar-refractivity contribution < 1.29 is 9.53 Å². The average molecular weight is 498 g/mol.